The maximum absolute atomic E-state index is 12.3. The number of nitrogens with zero attached hydrogens (tertiary/aromatic N) is 2. The van der Waals surface area contributed by atoms with Crippen molar-refractivity contribution >= 4 is 5.91 Å². The van der Waals surface area contributed by atoms with E-state index in [0.29, 0.717) is 11.8 Å². The average molecular weight is 255 g/mol. The monoisotopic (exact) mass is 255 g/mol. The molecule has 3 atom stereocenters. The van der Waals surface area contributed by atoms with Gasteiger partial charge in [0.2, 0.25) is 5.91 Å². The third kappa shape index (κ3) is 4.94. The number of rotatable bonds is 5. The maximum atomic E-state index is 12.3. The van der Waals surface area contributed by atoms with Gasteiger partial charge in [-0.05, 0) is 39.3 Å². The van der Waals surface area contributed by atoms with E-state index in [9.17, 15) is 4.79 Å². The van der Waals surface area contributed by atoms with Gasteiger partial charge in [0, 0.05) is 26.2 Å². The Hall–Kier alpha value is -0.610. The number of carbonyl (C=O) groups is 1. The zero-order valence-corrected chi connectivity index (χ0v) is 12.6. The van der Waals surface area contributed by atoms with Gasteiger partial charge in [0.25, 0.3) is 0 Å². The quantitative estimate of drug-likeness (QED) is 0.797. The molecule has 0 unspecified atom stereocenters. The van der Waals surface area contributed by atoms with Crippen molar-refractivity contribution in [1.82, 2.24) is 15.1 Å². The zero-order chi connectivity index (χ0) is 13.7. The summed E-state index contributed by atoms with van der Waals surface area (Å²) in [6.07, 6.45) is 1.24. The van der Waals surface area contributed by atoms with E-state index in [-0.39, 0.29) is 11.9 Å². The van der Waals surface area contributed by atoms with Crippen LogP contribution in [0.5, 0.6) is 0 Å². The van der Waals surface area contributed by atoms with Crippen LogP contribution in [0.3, 0.4) is 0 Å². The third-order valence-corrected chi connectivity index (χ3v) is 3.56. The fourth-order valence-corrected chi connectivity index (χ4v) is 2.71. The van der Waals surface area contributed by atoms with Gasteiger partial charge in [0.05, 0.1) is 6.04 Å². The Bertz CT molecular complexity index is 258. The minimum Gasteiger partial charge on any atom is -0.341 e. The Morgan fingerprint density at radius 1 is 1.33 bits per heavy atom. The van der Waals surface area contributed by atoms with E-state index in [2.05, 4.69) is 24.1 Å². The standard InChI is InChI=1S/C14H29N3O/c1-11-8-12(2)10-17(9-11)14(18)13(3)15-6-7-16(4)5/h11-13,15H,6-10H2,1-5H3/t11-,12-,13-/m1/s1. The number of nitrogens with one attached hydrogen (secondary N) is 1. The summed E-state index contributed by atoms with van der Waals surface area (Å²) in [7, 11) is 4.09. The lowest BCUT2D eigenvalue weighted by Crippen LogP contribution is -2.50. The first-order valence-corrected chi connectivity index (χ1v) is 7.07. The molecule has 106 valence electrons. The lowest BCUT2D eigenvalue weighted by molar-refractivity contribution is -0.135. The minimum absolute atomic E-state index is 0.0672. The van der Waals surface area contributed by atoms with Crippen molar-refractivity contribution in [1.29, 1.82) is 0 Å². The minimum atomic E-state index is -0.0672. The van der Waals surface area contributed by atoms with Crippen molar-refractivity contribution < 1.29 is 4.79 Å². The number of piperidine rings is 1. The number of hydrogen-bond acceptors (Lipinski definition) is 3. The Balaban J connectivity index is 2.38. The molecule has 0 bridgehead atoms. The second-order valence-corrected chi connectivity index (χ2v) is 6.17. The first kappa shape index (κ1) is 15.4. The smallest absolute Gasteiger partial charge is 0.239 e. The SMILES string of the molecule is C[C@@H]1C[C@@H](C)CN(C(=O)[C@@H](C)NCCN(C)C)C1. The van der Waals surface area contributed by atoms with Gasteiger partial charge < -0.3 is 15.1 Å². The molecule has 1 heterocycles. The van der Waals surface area contributed by atoms with Crippen molar-refractivity contribution in [2.75, 3.05) is 40.3 Å². The molecule has 1 aliphatic rings. The van der Waals surface area contributed by atoms with Gasteiger partial charge in [-0.1, -0.05) is 13.8 Å². The molecule has 1 N–H and O–H groups in total. The van der Waals surface area contributed by atoms with E-state index in [0.717, 1.165) is 26.2 Å². The molecule has 18 heavy (non-hydrogen) atoms. The lowest BCUT2D eigenvalue weighted by Gasteiger charge is -2.36. The largest absolute Gasteiger partial charge is 0.341 e. The molecule has 1 amide bonds. The number of likely N-dealkylation sites (N-methyl/N-ethyl adjacent to an activating group) is 1. The summed E-state index contributed by atoms with van der Waals surface area (Å²) in [6, 6.07) is -0.0672. The summed E-state index contributed by atoms with van der Waals surface area (Å²) in [5, 5.41) is 3.31. The summed E-state index contributed by atoms with van der Waals surface area (Å²) < 4.78 is 0. The molecule has 0 aliphatic carbocycles. The Morgan fingerprint density at radius 2 is 1.89 bits per heavy atom. The van der Waals surface area contributed by atoms with Crippen LogP contribution in [-0.2, 0) is 4.79 Å². The van der Waals surface area contributed by atoms with Crippen molar-refractivity contribution in [3.05, 3.63) is 0 Å². The molecule has 0 spiro atoms. The van der Waals surface area contributed by atoms with Crippen LogP contribution in [0.2, 0.25) is 0 Å². The van der Waals surface area contributed by atoms with E-state index in [1.807, 2.05) is 25.9 Å². The van der Waals surface area contributed by atoms with Crippen LogP contribution < -0.4 is 5.32 Å². The highest BCUT2D eigenvalue weighted by Crippen LogP contribution is 2.21. The molecule has 1 aliphatic heterocycles. The van der Waals surface area contributed by atoms with Crippen LogP contribution in [0.25, 0.3) is 0 Å². The topological polar surface area (TPSA) is 35.6 Å². The third-order valence-electron chi connectivity index (χ3n) is 3.56. The highest BCUT2D eigenvalue weighted by atomic mass is 16.2. The predicted octanol–water partition coefficient (Wildman–Crippen LogP) is 1.03. The number of amides is 1. The van der Waals surface area contributed by atoms with Gasteiger partial charge >= 0.3 is 0 Å². The van der Waals surface area contributed by atoms with Gasteiger partial charge in [-0.2, -0.15) is 0 Å². The molecule has 0 saturated carbocycles. The van der Waals surface area contributed by atoms with Crippen LogP contribution in [0.4, 0.5) is 0 Å². The molecule has 1 rings (SSSR count). The van der Waals surface area contributed by atoms with E-state index in [1.165, 1.54) is 6.42 Å². The Morgan fingerprint density at radius 3 is 2.39 bits per heavy atom. The Labute approximate surface area is 112 Å². The van der Waals surface area contributed by atoms with Gasteiger partial charge in [-0.15, -0.1) is 0 Å². The highest BCUT2D eigenvalue weighted by molar-refractivity contribution is 5.81. The van der Waals surface area contributed by atoms with Crippen molar-refractivity contribution in [2.45, 2.75) is 33.2 Å². The van der Waals surface area contributed by atoms with Crippen LogP contribution in [0.1, 0.15) is 27.2 Å². The number of likely N-dealkylation sites (tertiary alicyclic amines) is 1. The van der Waals surface area contributed by atoms with E-state index in [1.54, 1.807) is 0 Å². The molecule has 0 aromatic rings. The molecule has 4 heteroatoms. The van der Waals surface area contributed by atoms with Gasteiger partial charge in [0.1, 0.15) is 0 Å². The van der Waals surface area contributed by atoms with E-state index >= 15 is 0 Å². The van der Waals surface area contributed by atoms with E-state index in [4.69, 9.17) is 0 Å². The Kier molecular flexibility index (Phi) is 6.09. The van der Waals surface area contributed by atoms with Gasteiger partial charge in [-0.25, -0.2) is 0 Å². The molecule has 0 aromatic carbocycles. The number of carbonyl (C=O) groups excluding carboxylic acids is 1. The highest BCUT2D eigenvalue weighted by Gasteiger charge is 2.27. The van der Waals surface area contributed by atoms with Crippen LogP contribution in [0.15, 0.2) is 0 Å². The molecule has 1 fully saturated rings. The second-order valence-electron chi connectivity index (χ2n) is 6.17. The van der Waals surface area contributed by atoms with Crippen molar-refractivity contribution in [2.24, 2.45) is 11.8 Å². The predicted molar refractivity (Wildman–Crippen MR) is 75.5 cm³/mol. The van der Waals surface area contributed by atoms with Crippen LogP contribution >= 0.6 is 0 Å². The van der Waals surface area contributed by atoms with Crippen LogP contribution in [0, 0.1) is 11.8 Å². The first-order chi connectivity index (χ1) is 8.40. The summed E-state index contributed by atoms with van der Waals surface area (Å²) in [4.78, 5) is 16.5. The summed E-state index contributed by atoms with van der Waals surface area (Å²) >= 11 is 0. The molecule has 1 saturated heterocycles. The molecule has 0 aromatic heterocycles. The van der Waals surface area contributed by atoms with Gasteiger partial charge in [0.15, 0.2) is 0 Å². The first-order valence-electron chi connectivity index (χ1n) is 7.07. The second kappa shape index (κ2) is 7.10. The fraction of sp³-hybridized carbons (Fsp3) is 0.929. The molecular formula is C14H29N3O. The van der Waals surface area contributed by atoms with Crippen LogP contribution in [-0.4, -0.2) is 62.0 Å². The summed E-state index contributed by atoms with van der Waals surface area (Å²) in [6.45, 7) is 10.1. The average Bonchev–Trinajstić information content (AvgIpc) is 2.26. The molecular weight excluding hydrogens is 226 g/mol. The maximum Gasteiger partial charge on any atom is 0.239 e. The lowest BCUT2D eigenvalue weighted by atomic mass is 9.91. The van der Waals surface area contributed by atoms with Gasteiger partial charge in [-0.3, -0.25) is 4.79 Å². The number of hydrogen-bond donors (Lipinski definition) is 1. The fourth-order valence-electron chi connectivity index (χ4n) is 2.71. The van der Waals surface area contributed by atoms with E-state index < -0.39 is 0 Å². The molecule has 0 radical (unpaired) electrons. The van der Waals surface area contributed by atoms with Crippen molar-refractivity contribution in [3.8, 4) is 0 Å². The zero-order valence-electron chi connectivity index (χ0n) is 12.6. The summed E-state index contributed by atoms with van der Waals surface area (Å²) in [5.41, 5.74) is 0. The summed E-state index contributed by atoms with van der Waals surface area (Å²) in [5.74, 6) is 1.52. The molecule has 4 nitrogen and oxygen atoms in total. The van der Waals surface area contributed by atoms with Crippen molar-refractivity contribution in [3.63, 3.8) is 0 Å². The normalized spacial score (nSPS) is 26.4.